The lowest BCUT2D eigenvalue weighted by Gasteiger charge is -2.36. The summed E-state index contributed by atoms with van der Waals surface area (Å²) in [6.45, 7) is 5.99. The summed E-state index contributed by atoms with van der Waals surface area (Å²) in [5, 5.41) is 61.0. The first-order valence-corrected chi connectivity index (χ1v) is 19.0. The van der Waals surface area contributed by atoms with Gasteiger partial charge >= 0.3 is 18.1 Å². The average molecular weight is 880 g/mol. The molecule has 0 fully saturated rings. The van der Waals surface area contributed by atoms with E-state index in [4.69, 9.17) is 28.8 Å². The highest BCUT2D eigenvalue weighted by atomic mass is 16.8. The SMILES string of the molecule is CC[C@@]1(OC(=O)[C@@H]2ON=C3c4cc([N+](=O)[O-])cc(N(O)O)c4-c4c([N+](=O)[O-])cc([N+](=O)[O-])c2c43)C(=O)OCc2c1cc1n(c2=O)Cc2cc3cc(OC(=O)OC(C)(C)C)ccc3nc2-1. The zero-order valence-electron chi connectivity index (χ0n) is 33.5. The number of ether oxygens (including phenoxy) is 4. The second kappa shape index (κ2) is 14.1. The molecule has 4 aliphatic rings. The monoisotopic (exact) mass is 879 g/mol. The van der Waals surface area contributed by atoms with Crippen LogP contribution in [0.1, 0.15) is 73.6 Å². The van der Waals surface area contributed by atoms with Gasteiger partial charge in [0.15, 0.2) is 0 Å². The zero-order chi connectivity index (χ0) is 45.9. The number of esters is 2. The van der Waals surface area contributed by atoms with Crippen LogP contribution in [0.3, 0.4) is 0 Å². The fourth-order valence-corrected chi connectivity index (χ4v) is 8.38. The molecular formula is C40H29N7O17. The van der Waals surface area contributed by atoms with Gasteiger partial charge in [-0.2, -0.15) is 0 Å². The Morgan fingerprint density at radius 1 is 0.969 bits per heavy atom. The number of cyclic esters (lactones) is 1. The molecule has 3 aromatic carbocycles. The van der Waals surface area contributed by atoms with Gasteiger partial charge in [-0.3, -0.25) is 45.6 Å². The van der Waals surface area contributed by atoms with E-state index in [1.807, 2.05) is 0 Å². The van der Waals surface area contributed by atoms with Crippen molar-refractivity contribution in [2.45, 2.75) is 64.6 Å². The Hall–Kier alpha value is -8.38. The van der Waals surface area contributed by atoms with E-state index in [0.717, 1.165) is 6.07 Å². The van der Waals surface area contributed by atoms with Crippen LogP contribution in [0.2, 0.25) is 0 Å². The number of rotatable bonds is 8. The molecule has 0 radical (unpaired) electrons. The van der Waals surface area contributed by atoms with E-state index in [0.29, 0.717) is 34.3 Å². The maximum atomic E-state index is 14.5. The van der Waals surface area contributed by atoms with Gasteiger partial charge in [-0.25, -0.2) is 19.4 Å². The van der Waals surface area contributed by atoms with E-state index in [9.17, 15) is 59.9 Å². The molecule has 9 rings (SSSR count). The third-order valence-electron chi connectivity index (χ3n) is 11.0. The molecule has 0 unspecified atom stereocenters. The minimum absolute atomic E-state index is 0.0203. The smallest absolute Gasteiger partial charge is 0.457 e. The van der Waals surface area contributed by atoms with E-state index in [1.54, 1.807) is 39.0 Å². The molecule has 0 bridgehead atoms. The number of anilines is 1. The first-order chi connectivity index (χ1) is 30.2. The highest BCUT2D eigenvalue weighted by Crippen LogP contribution is 2.55. The van der Waals surface area contributed by atoms with E-state index < -0.39 is 118 Å². The molecule has 0 saturated heterocycles. The number of benzene rings is 3. The Bertz CT molecular complexity index is 3140. The van der Waals surface area contributed by atoms with Crippen molar-refractivity contribution < 1.29 is 63.4 Å². The molecular weight excluding hydrogens is 850 g/mol. The van der Waals surface area contributed by atoms with E-state index in [2.05, 4.69) is 5.16 Å². The van der Waals surface area contributed by atoms with Gasteiger partial charge in [-0.1, -0.05) is 12.1 Å². The molecule has 1 aliphatic carbocycles. The standard InChI is InChI=1S/C40H29N7O17/c1-5-40(22-12-27-32-17(14-43(27)35(48)21(22)15-60-37(40)50)8-16-9-19(6-7-23(16)41-32)61-38(51)63-39(2,3)4)62-36(49)34-30-26(47(58)59)13-25(46(56)57)29-28-20(33(31(29)30)42-64-34)10-18(44(52)53)11-24(28)45(54)55/h6-13,34,54-55H,5,14-15H2,1-4H3/t34-,40+/m1/s1. The summed E-state index contributed by atoms with van der Waals surface area (Å²) in [6.07, 6.45) is -3.53. The van der Waals surface area contributed by atoms with Gasteiger partial charge in [0.25, 0.3) is 28.7 Å². The maximum Gasteiger partial charge on any atom is 0.514 e. The summed E-state index contributed by atoms with van der Waals surface area (Å²) in [5.41, 5.74) is -8.88. The number of nitrogens with zero attached hydrogens (tertiary/aromatic N) is 7. The fraction of sp³-hybridized carbons (Fsp3) is 0.250. The van der Waals surface area contributed by atoms with Crippen molar-refractivity contribution in [1.82, 2.24) is 9.55 Å². The highest BCUT2D eigenvalue weighted by Gasteiger charge is 2.54. The molecule has 64 heavy (non-hydrogen) atoms. The van der Waals surface area contributed by atoms with E-state index in [1.165, 1.54) is 23.6 Å². The van der Waals surface area contributed by atoms with Crippen molar-refractivity contribution in [1.29, 1.82) is 0 Å². The van der Waals surface area contributed by atoms with Gasteiger partial charge in [0.1, 0.15) is 29.4 Å². The molecule has 3 aliphatic heterocycles. The predicted octanol–water partition coefficient (Wildman–Crippen LogP) is 5.76. The normalized spacial score (nSPS) is 17.4. The predicted molar refractivity (Wildman–Crippen MR) is 213 cm³/mol. The number of fused-ring (bicyclic) bond motifs is 8. The number of oxime groups is 1. The fourth-order valence-electron chi connectivity index (χ4n) is 8.38. The second-order valence-electron chi connectivity index (χ2n) is 15.9. The maximum absolute atomic E-state index is 14.5. The van der Waals surface area contributed by atoms with Crippen LogP contribution >= 0.6 is 0 Å². The molecule has 2 atom stereocenters. The number of nitro groups is 3. The van der Waals surface area contributed by atoms with Crippen molar-refractivity contribution >= 4 is 57.5 Å². The molecule has 0 amide bonds. The number of nitro benzene ring substituents is 3. The summed E-state index contributed by atoms with van der Waals surface area (Å²) >= 11 is 0. The average Bonchev–Trinajstić information content (AvgIpc) is 3.75. The molecule has 0 spiro atoms. The van der Waals surface area contributed by atoms with E-state index in [-0.39, 0.29) is 41.1 Å². The van der Waals surface area contributed by atoms with Crippen molar-refractivity contribution in [2.75, 3.05) is 5.23 Å². The summed E-state index contributed by atoms with van der Waals surface area (Å²) in [4.78, 5) is 99.1. The molecule has 5 heterocycles. The lowest BCUT2D eigenvalue weighted by molar-refractivity contribution is -0.394. The zero-order valence-corrected chi connectivity index (χ0v) is 33.5. The Morgan fingerprint density at radius 2 is 1.70 bits per heavy atom. The van der Waals surface area contributed by atoms with Crippen LogP contribution in [0.4, 0.5) is 27.5 Å². The molecule has 2 N–H and O–H groups in total. The molecule has 326 valence electrons. The third kappa shape index (κ3) is 6.13. The molecule has 24 heteroatoms. The Labute approximate surface area is 355 Å². The van der Waals surface area contributed by atoms with Gasteiger partial charge in [-0.15, -0.1) is 5.23 Å². The van der Waals surface area contributed by atoms with E-state index >= 15 is 0 Å². The van der Waals surface area contributed by atoms with Crippen LogP contribution in [0.5, 0.6) is 5.75 Å². The van der Waals surface area contributed by atoms with Crippen molar-refractivity contribution in [3.63, 3.8) is 0 Å². The Morgan fingerprint density at radius 3 is 2.36 bits per heavy atom. The summed E-state index contributed by atoms with van der Waals surface area (Å²) < 4.78 is 23.3. The quantitative estimate of drug-likeness (QED) is 0.0602. The Balaban J connectivity index is 1.14. The van der Waals surface area contributed by atoms with Gasteiger partial charge in [-0.05, 0) is 57.5 Å². The minimum Gasteiger partial charge on any atom is -0.457 e. The van der Waals surface area contributed by atoms with Gasteiger partial charge in [0, 0.05) is 45.3 Å². The molecule has 24 nitrogen and oxygen atoms in total. The van der Waals surface area contributed by atoms with Crippen LogP contribution in [0.25, 0.3) is 33.4 Å². The van der Waals surface area contributed by atoms with Crippen molar-refractivity contribution in [2.24, 2.45) is 5.16 Å². The number of carbonyl (C=O) groups excluding carboxylic acids is 3. The number of carbonyl (C=O) groups is 3. The number of non-ortho nitro benzene ring substituents is 1. The number of hydrogen-bond acceptors (Lipinski definition) is 20. The van der Waals surface area contributed by atoms with Crippen molar-refractivity contribution in [3.8, 4) is 28.3 Å². The number of hydrogen-bond donors (Lipinski definition) is 2. The van der Waals surface area contributed by atoms with Crippen LogP contribution in [0.15, 0.2) is 58.5 Å². The number of aromatic nitrogens is 2. The molecule has 5 aromatic rings. The van der Waals surface area contributed by atoms with Crippen LogP contribution in [-0.2, 0) is 47.4 Å². The van der Waals surface area contributed by atoms with Crippen molar-refractivity contribution in [3.05, 3.63) is 123 Å². The molecule has 2 aromatic heterocycles. The van der Waals surface area contributed by atoms with Gasteiger partial charge in [0.05, 0.1) is 61.0 Å². The van der Waals surface area contributed by atoms with Crippen LogP contribution in [-0.4, -0.2) is 64.1 Å². The van der Waals surface area contributed by atoms with Gasteiger partial charge < -0.3 is 28.4 Å². The highest BCUT2D eigenvalue weighted by molar-refractivity contribution is 6.29. The van der Waals surface area contributed by atoms with Crippen LogP contribution in [0, 0.1) is 30.3 Å². The first kappa shape index (κ1) is 41.0. The third-order valence-corrected chi connectivity index (χ3v) is 11.0. The summed E-state index contributed by atoms with van der Waals surface area (Å²) in [7, 11) is 0. The largest absolute Gasteiger partial charge is 0.514 e. The lowest BCUT2D eigenvalue weighted by Crippen LogP contribution is -2.48. The summed E-state index contributed by atoms with van der Waals surface area (Å²) in [6, 6.07) is 9.87. The van der Waals surface area contributed by atoms with Crippen LogP contribution < -0.4 is 15.5 Å². The lowest BCUT2D eigenvalue weighted by atomic mass is 9.85. The topological polar surface area (TPSA) is 318 Å². The number of pyridine rings is 2. The Kier molecular flexibility index (Phi) is 9.02. The first-order valence-electron chi connectivity index (χ1n) is 19.0. The second-order valence-corrected chi connectivity index (χ2v) is 15.9. The van der Waals surface area contributed by atoms with Gasteiger partial charge in [0.2, 0.25) is 5.60 Å². The summed E-state index contributed by atoms with van der Waals surface area (Å²) in [5.74, 6) is -2.46. The molecule has 0 saturated carbocycles. The minimum atomic E-state index is -2.40.